The van der Waals surface area contributed by atoms with Gasteiger partial charge in [0.25, 0.3) is 0 Å². The zero-order valence-electron chi connectivity index (χ0n) is 2.23. The molecule has 4 heteroatoms. The lowest BCUT2D eigenvalue weighted by molar-refractivity contribution is 0.659. The molecule has 0 spiro atoms. The molecule has 0 aromatic rings. The third-order valence-corrected chi connectivity index (χ3v) is 0.822. The van der Waals surface area contributed by atoms with Crippen LogP contribution in [0.25, 0.3) is 0 Å². The van der Waals surface area contributed by atoms with E-state index >= 15 is 0 Å². The molecular formula is H5BOP2. The van der Waals surface area contributed by atoms with Crippen molar-refractivity contribution in [3.63, 3.8) is 0 Å². The Kier molecular flexibility index (Phi) is 4.74. The number of hydrogen-bond acceptors (Lipinski definition) is 1. The van der Waals surface area contributed by atoms with Crippen LogP contribution in [0.4, 0.5) is 0 Å². The maximum atomic E-state index is 7.88. The zero-order chi connectivity index (χ0) is 3.41. The maximum Gasteiger partial charge on any atom is 0.205 e. The van der Waals surface area contributed by atoms with Crippen LogP contribution in [0.5, 0.6) is 0 Å². The molecule has 0 aliphatic carbocycles. The molecule has 0 saturated heterocycles. The lowest BCUT2D eigenvalue weighted by Crippen LogP contribution is -1.48. The van der Waals surface area contributed by atoms with E-state index in [1.165, 1.54) is 0 Å². The Balaban J connectivity index is 1.97. The summed E-state index contributed by atoms with van der Waals surface area (Å²) in [6, 6.07) is 0. The van der Waals surface area contributed by atoms with Gasteiger partial charge in [0.1, 0.15) is 0 Å². The third kappa shape index (κ3) is 2.88. The maximum absolute atomic E-state index is 7.88. The summed E-state index contributed by atoms with van der Waals surface area (Å²) in [5, 5.41) is 0. The average molecular weight is 93.8 g/mol. The van der Waals surface area contributed by atoms with E-state index in [2.05, 4.69) is 9.12 Å². The molecule has 0 aromatic carbocycles. The first kappa shape index (κ1) is 4.88. The van der Waals surface area contributed by atoms with E-state index in [4.69, 9.17) is 4.89 Å². The topological polar surface area (TPSA) is 20.2 Å². The lowest BCUT2D eigenvalue weighted by atomic mass is 10.7. The molecule has 0 aromatic heterocycles. The van der Waals surface area contributed by atoms with Crippen LogP contribution in [-0.2, 0) is 0 Å². The average Bonchev–Trinajstić information content (AvgIpc) is 1.37. The van der Waals surface area contributed by atoms with Crippen molar-refractivity contribution in [3.8, 4) is 0 Å². The molecular weight excluding hydrogens is 88.8 g/mol. The first-order valence-corrected chi connectivity index (χ1v) is 2.96. The Morgan fingerprint density at radius 1 is 2.00 bits per heavy atom. The Labute approximate surface area is 30.4 Å². The van der Waals surface area contributed by atoms with E-state index in [0.29, 0.717) is 0 Å². The fourth-order valence-corrected chi connectivity index (χ4v) is 0. The highest BCUT2D eigenvalue weighted by atomic mass is 31.1. The summed E-state index contributed by atoms with van der Waals surface area (Å²) in [4.78, 5) is 7.88. The summed E-state index contributed by atoms with van der Waals surface area (Å²) < 4.78 is 0. The van der Waals surface area contributed by atoms with Gasteiger partial charge in [0.15, 0.2) is 0 Å². The monoisotopic (exact) mass is 94.0 g/mol. The van der Waals surface area contributed by atoms with Gasteiger partial charge >= 0.3 is 0 Å². The quantitative estimate of drug-likeness (QED) is 0.349. The molecule has 1 nitrogen and oxygen atoms in total. The molecule has 0 aliphatic rings. The summed E-state index contributed by atoms with van der Waals surface area (Å²) in [6.07, 6.45) is 0. The molecule has 24 valence electrons. The second-order valence-corrected chi connectivity index (χ2v) is 2.31. The predicted molar refractivity (Wildman–Crippen MR) is 27.4 cm³/mol. The van der Waals surface area contributed by atoms with Crippen LogP contribution in [-0.4, -0.2) is 11.6 Å². The summed E-state index contributed by atoms with van der Waals surface area (Å²) in [5.74, 6) is 0. The molecule has 1 N–H and O–H groups in total. The van der Waals surface area contributed by atoms with Gasteiger partial charge in [-0.2, -0.15) is 9.12 Å². The van der Waals surface area contributed by atoms with Crippen molar-refractivity contribution in [3.05, 3.63) is 0 Å². The molecule has 0 aliphatic heterocycles. The van der Waals surface area contributed by atoms with Crippen molar-refractivity contribution in [2.24, 2.45) is 0 Å². The van der Waals surface area contributed by atoms with Crippen LogP contribution < -0.4 is 0 Å². The Bertz CT molecular complexity index is 8.00. The molecule has 2 atom stereocenters. The van der Waals surface area contributed by atoms with E-state index < -0.39 is 0 Å². The second kappa shape index (κ2) is 3.88. The van der Waals surface area contributed by atoms with Gasteiger partial charge < -0.3 is 4.89 Å². The van der Waals surface area contributed by atoms with Crippen LogP contribution in [0.3, 0.4) is 0 Å². The fraction of sp³-hybridized carbons (Fsp3) is 0. The lowest BCUT2D eigenvalue weighted by Gasteiger charge is -1.66. The summed E-state index contributed by atoms with van der Waals surface area (Å²) in [7, 11) is 2.52. The molecule has 4 heavy (non-hydrogen) atoms. The Morgan fingerprint density at radius 3 is 2.25 bits per heavy atom. The van der Waals surface area contributed by atoms with Crippen molar-refractivity contribution in [1.29, 1.82) is 0 Å². The van der Waals surface area contributed by atoms with E-state index in [-0.39, 0.29) is 8.69 Å². The molecule has 0 amide bonds. The molecule has 0 bridgehead atoms. The first-order valence-electron chi connectivity index (χ1n) is 0.985. The number of rotatable bonds is 1. The van der Waals surface area contributed by atoms with Crippen molar-refractivity contribution in [2.75, 3.05) is 0 Å². The highest BCUT2D eigenvalue weighted by molar-refractivity contribution is 7.92. The van der Waals surface area contributed by atoms with Crippen molar-refractivity contribution in [1.82, 2.24) is 0 Å². The van der Waals surface area contributed by atoms with E-state index in [9.17, 15) is 0 Å². The van der Waals surface area contributed by atoms with Gasteiger partial charge in [0.05, 0.1) is 0 Å². The van der Waals surface area contributed by atoms with Gasteiger partial charge in [-0.3, -0.25) is 0 Å². The fourth-order valence-electron chi connectivity index (χ4n) is 0. The van der Waals surface area contributed by atoms with Crippen LogP contribution in [0.2, 0.25) is 0 Å². The molecule has 0 radical (unpaired) electrons. The van der Waals surface area contributed by atoms with Crippen molar-refractivity contribution >= 4 is 24.5 Å². The van der Waals surface area contributed by atoms with Gasteiger partial charge in [-0.1, -0.05) is 0 Å². The van der Waals surface area contributed by atoms with Gasteiger partial charge in [-0.05, 0) is 8.69 Å². The highest BCUT2D eigenvalue weighted by Crippen LogP contribution is 1.98. The molecule has 0 fully saturated rings. The van der Waals surface area contributed by atoms with Gasteiger partial charge in [0.2, 0.25) is 6.72 Å². The van der Waals surface area contributed by atoms with E-state index in [0.717, 1.165) is 6.72 Å². The normalized spacial score (nSPS) is 9.50. The number of hydrogen-bond donors (Lipinski definition) is 1. The van der Waals surface area contributed by atoms with E-state index in [1.807, 2.05) is 0 Å². The third-order valence-electron chi connectivity index (χ3n) is 0.0913. The minimum absolute atomic E-state index is 0.103. The molecule has 0 rings (SSSR count). The summed E-state index contributed by atoms with van der Waals surface area (Å²) >= 11 is 0. The van der Waals surface area contributed by atoms with Crippen LogP contribution >= 0.6 is 17.8 Å². The van der Waals surface area contributed by atoms with Crippen LogP contribution in [0, 0.1) is 0 Å². The SMILES string of the molecule is OPBP. The predicted octanol–water partition coefficient (Wildman–Crippen LogP) is -0.286. The molecule has 2 unspecified atom stereocenters. The second-order valence-electron chi connectivity index (χ2n) is 0.362. The van der Waals surface area contributed by atoms with Gasteiger partial charge in [-0.15, -0.1) is 0 Å². The minimum atomic E-state index is 0.103. The first-order chi connectivity index (χ1) is 1.91. The largest absolute Gasteiger partial charge is 0.387 e. The summed E-state index contributed by atoms with van der Waals surface area (Å²) in [6.45, 7) is 0.819. The minimum Gasteiger partial charge on any atom is -0.387 e. The zero-order valence-corrected chi connectivity index (χ0v) is 4.39. The van der Waals surface area contributed by atoms with Crippen LogP contribution in [0.15, 0.2) is 0 Å². The smallest absolute Gasteiger partial charge is 0.205 e. The van der Waals surface area contributed by atoms with Gasteiger partial charge in [-0.25, -0.2) is 0 Å². The Hall–Kier alpha value is 0.885. The van der Waals surface area contributed by atoms with E-state index in [1.54, 1.807) is 0 Å². The highest BCUT2D eigenvalue weighted by Gasteiger charge is 1.63. The molecule has 0 heterocycles. The molecule has 0 saturated carbocycles. The standard InChI is InChI=1S/BH5OP2/c2-4-1-3/h1-2,4H,3H2. The van der Waals surface area contributed by atoms with Gasteiger partial charge in [0, 0.05) is 0 Å². The van der Waals surface area contributed by atoms with Crippen LogP contribution in [0.1, 0.15) is 0 Å². The van der Waals surface area contributed by atoms with Crippen molar-refractivity contribution in [2.45, 2.75) is 0 Å². The summed E-state index contributed by atoms with van der Waals surface area (Å²) in [5.41, 5.74) is 0. The Morgan fingerprint density at radius 2 is 2.25 bits per heavy atom. The van der Waals surface area contributed by atoms with Crippen molar-refractivity contribution < 1.29 is 4.89 Å².